The molecule has 4 nitrogen and oxygen atoms in total. The number of rotatable bonds is 5. The van der Waals surface area contributed by atoms with Crippen LogP contribution in [-0.2, 0) is 4.74 Å². The Morgan fingerprint density at radius 2 is 2.13 bits per heavy atom. The quantitative estimate of drug-likeness (QED) is 0.527. The predicted octanol–water partition coefficient (Wildman–Crippen LogP) is 0.917. The molecule has 1 aliphatic rings. The zero-order valence-electron chi connectivity index (χ0n) is 9.83. The number of ether oxygens (including phenoxy) is 1. The molecule has 0 radical (unpaired) electrons. The van der Waals surface area contributed by atoms with E-state index in [4.69, 9.17) is 15.9 Å². The van der Waals surface area contributed by atoms with Crippen LogP contribution in [0.4, 0.5) is 0 Å². The maximum absolute atomic E-state index is 7.34. The van der Waals surface area contributed by atoms with Gasteiger partial charge in [-0.05, 0) is 25.8 Å². The maximum Gasteiger partial charge on any atom is 0.0947 e. The summed E-state index contributed by atoms with van der Waals surface area (Å²) >= 11 is 0. The number of hydrogen-bond donors (Lipinski definition) is 2. The molecule has 3 N–H and O–H groups in total. The summed E-state index contributed by atoms with van der Waals surface area (Å²) in [5, 5.41) is 7.34. The normalized spacial score (nSPS) is 20.5. The monoisotopic (exact) mass is 213 g/mol. The molecule has 0 aliphatic carbocycles. The Balaban J connectivity index is 2.22. The second-order valence-electron chi connectivity index (χ2n) is 4.63. The molecule has 0 aromatic heterocycles. The Morgan fingerprint density at radius 1 is 1.53 bits per heavy atom. The van der Waals surface area contributed by atoms with Crippen molar-refractivity contribution >= 4 is 5.84 Å². The number of nitrogens with zero attached hydrogens (tertiary/aromatic N) is 1. The van der Waals surface area contributed by atoms with Gasteiger partial charge in [0.15, 0.2) is 0 Å². The Hall–Kier alpha value is -0.610. The average Bonchev–Trinajstić information content (AvgIpc) is 2.18. The van der Waals surface area contributed by atoms with Gasteiger partial charge in [-0.15, -0.1) is 0 Å². The molecule has 1 saturated heterocycles. The van der Waals surface area contributed by atoms with Crippen molar-refractivity contribution in [1.82, 2.24) is 4.90 Å². The fraction of sp³-hybridized carbons (Fsp3) is 0.909. The first-order valence-electron chi connectivity index (χ1n) is 5.69. The van der Waals surface area contributed by atoms with Crippen LogP contribution in [-0.4, -0.2) is 44.1 Å². The molecule has 1 heterocycles. The number of amidine groups is 1. The summed E-state index contributed by atoms with van der Waals surface area (Å²) < 4.78 is 5.33. The molecule has 0 bridgehead atoms. The highest BCUT2D eigenvalue weighted by Gasteiger charge is 2.17. The van der Waals surface area contributed by atoms with Crippen molar-refractivity contribution < 1.29 is 4.74 Å². The largest absolute Gasteiger partial charge is 0.387 e. The number of nitrogens with two attached hydrogens (primary N) is 1. The topological polar surface area (TPSA) is 62.3 Å². The van der Waals surface area contributed by atoms with Crippen LogP contribution in [0.25, 0.3) is 0 Å². The molecule has 1 unspecified atom stereocenters. The minimum absolute atomic E-state index is 0.162. The minimum Gasteiger partial charge on any atom is -0.387 e. The fourth-order valence-corrected chi connectivity index (χ4v) is 2.01. The van der Waals surface area contributed by atoms with Gasteiger partial charge in [0.05, 0.1) is 5.84 Å². The number of nitrogens with one attached hydrogen (secondary N) is 1. The van der Waals surface area contributed by atoms with E-state index in [0.717, 1.165) is 32.2 Å². The number of hydrogen-bond acceptors (Lipinski definition) is 3. The minimum atomic E-state index is 0.162. The first kappa shape index (κ1) is 12.5. The highest BCUT2D eigenvalue weighted by Crippen LogP contribution is 2.15. The Labute approximate surface area is 92.3 Å². The van der Waals surface area contributed by atoms with E-state index in [1.807, 2.05) is 6.92 Å². The van der Waals surface area contributed by atoms with Crippen LogP contribution in [0.3, 0.4) is 0 Å². The van der Waals surface area contributed by atoms with Crippen molar-refractivity contribution in [3.05, 3.63) is 0 Å². The lowest BCUT2D eigenvalue weighted by atomic mass is 9.99. The first-order chi connectivity index (χ1) is 7.09. The van der Waals surface area contributed by atoms with Crippen molar-refractivity contribution in [3.63, 3.8) is 0 Å². The highest BCUT2D eigenvalue weighted by molar-refractivity contribution is 5.79. The summed E-state index contributed by atoms with van der Waals surface area (Å²) in [4.78, 5) is 2.28. The van der Waals surface area contributed by atoms with Gasteiger partial charge in [0.25, 0.3) is 0 Å². The van der Waals surface area contributed by atoms with Crippen LogP contribution < -0.4 is 5.73 Å². The van der Waals surface area contributed by atoms with Crippen molar-refractivity contribution in [3.8, 4) is 0 Å². The molecule has 0 spiro atoms. The Kier molecular flexibility index (Phi) is 5.05. The second kappa shape index (κ2) is 6.08. The van der Waals surface area contributed by atoms with Crippen molar-refractivity contribution in [2.75, 3.05) is 33.4 Å². The van der Waals surface area contributed by atoms with Crippen molar-refractivity contribution in [2.45, 2.75) is 19.8 Å². The zero-order valence-corrected chi connectivity index (χ0v) is 9.83. The third-order valence-corrected chi connectivity index (χ3v) is 3.03. The van der Waals surface area contributed by atoms with Gasteiger partial charge >= 0.3 is 0 Å². The van der Waals surface area contributed by atoms with Gasteiger partial charge in [-0.25, -0.2) is 0 Å². The predicted molar refractivity (Wildman–Crippen MR) is 62.1 cm³/mol. The standard InChI is InChI=1S/C11H23N3O/c1-9(11(12)13)7-14(2)8-10-3-5-15-6-4-10/h9-10H,3-8H2,1-2H3,(H3,12,13). The second-order valence-corrected chi connectivity index (χ2v) is 4.63. The molecular formula is C11H23N3O. The molecule has 1 atom stereocenters. The van der Waals surface area contributed by atoms with E-state index in [1.54, 1.807) is 0 Å². The zero-order chi connectivity index (χ0) is 11.3. The van der Waals surface area contributed by atoms with Gasteiger partial charge in [0, 0.05) is 32.2 Å². The summed E-state index contributed by atoms with van der Waals surface area (Å²) in [6.45, 7) is 5.79. The molecule has 88 valence electrons. The van der Waals surface area contributed by atoms with Gasteiger partial charge in [0.2, 0.25) is 0 Å². The van der Waals surface area contributed by atoms with E-state index >= 15 is 0 Å². The fourth-order valence-electron chi connectivity index (χ4n) is 2.01. The molecule has 0 aromatic rings. The van der Waals surface area contributed by atoms with Crippen LogP contribution in [0.5, 0.6) is 0 Å². The molecule has 0 saturated carbocycles. The summed E-state index contributed by atoms with van der Waals surface area (Å²) in [6, 6.07) is 0. The van der Waals surface area contributed by atoms with Gasteiger partial charge in [0.1, 0.15) is 0 Å². The summed E-state index contributed by atoms with van der Waals surface area (Å²) in [6.07, 6.45) is 2.33. The van der Waals surface area contributed by atoms with Gasteiger partial charge < -0.3 is 15.4 Å². The Bertz CT molecular complexity index is 202. The first-order valence-corrected chi connectivity index (χ1v) is 5.69. The summed E-state index contributed by atoms with van der Waals surface area (Å²) in [5.41, 5.74) is 5.45. The molecular weight excluding hydrogens is 190 g/mol. The van der Waals surface area contributed by atoms with Crippen LogP contribution >= 0.6 is 0 Å². The highest BCUT2D eigenvalue weighted by atomic mass is 16.5. The molecule has 15 heavy (non-hydrogen) atoms. The van der Waals surface area contributed by atoms with Gasteiger partial charge in [-0.1, -0.05) is 6.92 Å². The van der Waals surface area contributed by atoms with Crippen LogP contribution in [0, 0.1) is 17.2 Å². The smallest absolute Gasteiger partial charge is 0.0947 e. The third kappa shape index (κ3) is 4.62. The van der Waals surface area contributed by atoms with Crippen LogP contribution in [0.1, 0.15) is 19.8 Å². The van der Waals surface area contributed by atoms with E-state index in [9.17, 15) is 0 Å². The van der Waals surface area contributed by atoms with E-state index in [0.29, 0.717) is 0 Å². The Morgan fingerprint density at radius 3 is 2.67 bits per heavy atom. The van der Waals surface area contributed by atoms with Crippen LogP contribution in [0.2, 0.25) is 0 Å². The molecule has 4 heteroatoms. The molecule has 0 amide bonds. The molecule has 1 fully saturated rings. The lowest BCUT2D eigenvalue weighted by Gasteiger charge is -2.28. The summed E-state index contributed by atoms with van der Waals surface area (Å²) in [7, 11) is 2.11. The van der Waals surface area contributed by atoms with Crippen molar-refractivity contribution in [1.29, 1.82) is 5.41 Å². The maximum atomic E-state index is 7.34. The molecule has 0 aromatic carbocycles. The lowest BCUT2D eigenvalue weighted by Crippen LogP contribution is -2.36. The SMILES string of the molecule is CC(CN(C)CC1CCOCC1)C(=N)N. The summed E-state index contributed by atoms with van der Waals surface area (Å²) in [5.74, 6) is 1.20. The molecule has 1 aliphatic heterocycles. The van der Waals surface area contributed by atoms with Crippen LogP contribution in [0.15, 0.2) is 0 Å². The van der Waals surface area contributed by atoms with Gasteiger partial charge in [-0.2, -0.15) is 0 Å². The third-order valence-electron chi connectivity index (χ3n) is 3.03. The van der Waals surface area contributed by atoms with E-state index in [1.165, 1.54) is 12.8 Å². The van der Waals surface area contributed by atoms with E-state index in [2.05, 4.69) is 11.9 Å². The molecule has 1 rings (SSSR count). The lowest BCUT2D eigenvalue weighted by molar-refractivity contribution is 0.0551. The average molecular weight is 213 g/mol. The van der Waals surface area contributed by atoms with Gasteiger partial charge in [-0.3, -0.25) is 5.41 Å². The van der Waals surface area contributed by atoms with E-state index < -0.39 is 0 Å². The van der Waals surface area contributed by atoms with E-state index in [-0.39, 0.29) is 11.8 Å². The van der Waals surface area contributed by atoms with Crippen molar-refractivity contribution in [2.24, 2.45) is 17.6 Å².